The van der Waals surface area contributed by atoms with Crippen molar-refractivity contribution in [1.82, 2.24) is 20.2 Å². The Labute approximate surface area is 141 Å². The minimum atomic E-state index is -0.427. The first-order valence-electron chi connectivity index (χ1n) is 7.85. The number of hydrogen-bond donors (Lipinski definition) is 1. The van der Waals surface area contributed by atoms with E-state index >= 15 is 0 Å². The molecule has 1 aliphatic carbocycles. The number of aromatic nitrogens is 4. The molecule has 0 unspecified atom stereocenters. The zero-order valence-electron chi connectivity index (χ0n) is 13.1. The van der Waals surface area contributed by atoms with Crippen LogP contribution in [0.25, 0.3) is 11.0 Å². The molecule has 1 N–H and O–H groups in total. The highest BCUT2D eigenvalue weighted by molar-refractivity contribution is 7.98. The van der Waals surface area contributed by atoms with Crippen LogP contribution in [0.5, 0.6) is 5.75 Å². The number of thioether (sulfide) groups is 1. The van der Waals surface area contributed by atoms with Gasteiger partial charge in [-0.1, -0.05) is 18.7 Å². The smallest absolute Gasteiger partial charge is 0.336 e. The van der Waals surface area contributed by atoms with E-state index in [-0.39, 0.29) is 5.75 Å². The first-order chi connectivity index (χ1) is 11.7. The zero-order valence-corrected chi connectivity index (χ0v) is 13.9. The summed E-state index contributed by atoms with van der Waals surface area (Å²) in [6.45, 7) is 1.97. The predicted octanol–water partition coefficient (Wildman–Crippen LogP) is 2.67. The minimum Gasteiger partial charge on any atom is -0.508 e. The van der Waals surface area contributed by atoms with Crippen LogP contribution in [0.15, 0.2) is 32.6 Å². The summed E-state index contributed by atoms with van der Waals surface area (Å²) < 4.78 is 7.07. The van der Waals surface area contributed by atoms with Gasteiger partial charge in [0, 0.05) is 23.3 Å². The van der Waals surface area contributed by atoms with E-state index in [1.54, 1.807) is 0 Å². The molecule has 1 saturated carbocycles. The Balaban J connectivity index is 1.70. The second-order valence-corrected chi connectivity index (χ2v) is 6.79. The van der Waals surface area contributed by atoms with Crippen LogP contribution in [0.3, 0.4) is 0 Å². The highest BCUT2D eigenvalue weighted by Gasteiger charge is 2.28. The van der Waals surface area contributed by atoms with Crippen molar-refractivity contribution >= 4 is 22.7 Å². The molecule has 0 aliphatic heterocycles. The summed E-state index contributed by atoms with van der Waals surface area (Å²) in [5.41, 5.74) is 1.65. The van der Waals surface area contributed by atoms with Crippen molar-refractivity contribution in [3.05, 3.63) is 39.7 Å². The van der Waals surface area contributed by atoms with E-state index < -0.39 is 5.63 Å². The number of aromatic hydroxyl groups is 1. The van der Waals surface area contributed by atoms with Gasteiger partial charge in [-0.3, -0.25) is 0 Å². The van der Waals surface area contributed by atoms with Crippen LogP contribution < -0.4 is 5.63 Å². The first-order valence-corrected chi connectivity index (χ1v) is 8.83. The number of hydrogen-bond acceptors (Lipinski definition) is 7. The highest BCUT2D eigenvalue weighted by atomic mass is 32.2. The second kappa shape index (κ2) is 5.94. The maximum absolute atomic E-state index is 11.8. The molecule has 124 valence electrons. The number of aryl methyl sites for hydroxylation is 1. The minimum absolute atomic E-state index is 0.149. The number of phenols is 1. The van der Waals surface area contributed by atoms with Crippen LogP contribution in [0, 0.1) is 0 Å². The Morgan fingerprint density at radius 1 is 1.33 bits per heavy atom. The molecule has 2 heterocycles. The number of rotatable bonds is 5. The number of fused-ring (bicyclic) bond motifs is 1. The van der Waals surface area contributed by atoms with Gasteiger partial charge in [0.15, 0.2) is 0 Å². The fraction of sp³-hybridized carbons (Fsp3) is 0.375. The number of tetrazole rings is 1. The molecule has 0 spiro atoms. The molecule has 0 saturated heterocycles. The summed E-state index contributed by atoms with van der Waals surface area (Å²) in [6.07, 6.45) is 2.92. The van der Waals surface area contributed by atoms with Crippen LogP contribution in [0.1, 0.15) is 36.9 Å². The Bertz CT molecular complexity index is 962. The lowest BCUT2D eigenvalue weighted by molar-refractivity contribution is 0.466. The molecule has 3 aromatic rings. The van der Waals surface area contributed by atoms with Gasteiger partial charge in [0.05, 0.1) is 6.04 Å². The van der Waals surface area contributed by atoms with Gasteiger partial charge in [0.25, 0.3) is 0 Å². The lowest BCUT2D eigenvalue weighted by Gasteiger charge is -2.08. The van der Waals surface area contributed by atoms with Crippen LogP contribution >= 0.6 is 11.8 Å². The average molecular weight is 344 g/mol. The molecule has 0 amide bonds. The van der Waals surface area contributed by atoms with Gasteiger partial charge in [-0.15, -0.1) is 5.10 Å². The highest BCUT2D eigenvalue weighted by Crippen LogP contribution is 2.37. The van der Waals surface area contributed by atoms with Gasteiger partial charge in [-0.25, -0.2) is 9.48 Å². The Hall–Kier alpha value is -2.35. The Kier molecular flexibility index (Phi) is 3.76. The third-order valence-electron chi connectivity index (χ3n) is 4.12. The molecule has 1 aliphatic rings. The topological polar surface area (TPSA) is 94.0 Å². The summed E-state index contributed by atoms with van der Waals surface area (Å²) in [5.74, 6) is 0.707. The van der Waals surface area contributed by atoms with Gasteiger partial charge >= 0.3 is 5.63 Å². The molecule has 8 heteroatoms. The molecule has 2 aromatic heterocycles. The molecule has 7 nitrogen and oxygen atoms in total. The molecular weight excluding hydrogens is 328 g/mol. The molecular formula is C16H16N4O3S. The molecule has 0 atom stereocenters. The summed E-state index contributed by atoms with van der Waals surface area (Å²) in [5, 5.41) is 23.4. The third-order valence-corrected chi connectivity index (χ3v) is 5.10. The molecule has 1 fully saturated rings. The number of benzene rings is 1. The second-order valence-electron chi connectivity index (χ2n) is 5.85. The van der Waals surface area contributed by atoms with Crippen molar-refractivity contribution in [2.75, 3.05) is 0 Å². The van der Waals surface area contributed by atoms with E-state index in [2.05, 4.69) is 15.5 Å². The monoisotopic (exact) mass is 344 g/mol. The third kappa shape index (κ3) is 2.77. The van der Waals surface area contributed by atoms with Gasteiger partial charge in [-0.2, -0.15) is 0 Å². The molecule has 4 rings (SSSR count). The van der Waals surface area contributed by atoms with E-state index in [1.807, 2.05) is 17.7 Å². The fourth-order valence-electron chi connectivity index (χ4n) is 2.68. The number of phenolic OH excluding ortho intramolecular Hbond substituents is 1. The maximum Gasteiger partial charge on any atom is 0.336 e. The van der Waals surface area contributed by atoms with Gasteiger partial charge in [0.2, 0.25) is 5.16 Å². The molecule has 24 heavy (non-hydrogen) atoms. The van der Waals surface area contributed by atoms with Crippen molar-refractivity contribution < 1.29 is 9.52 Å². The zero-order chi connectivity index (χ0) is 16.7. The maximum atomic E-state index is 11.8. The van der Waals surface area contributed by atoms with Gasteiger partial charge in [0.1, 0.15) is 11.3 Å². The first kappa shape index (κ1) is 15.2. The van der Waals surface area contributed by atoms with Gasteiger partial charge in [-0.05, 0) is 46.9 Å². The summed E-state index contributed by atoms with van der Waals surface area (Å²) in [7, 11) is 0. The van der Waals surface area contributed by atoms with Gasteiger partial charge < -0.3 is 9.52 Å². The molecule has 0 radical (unpaired) electrons. The normalized spacial score (nSPS) is 14.4. The summed E-state index contributed by atoms with van der Waals surface area (Å²) in [6, 6.07) is 5.30. The van der Waals surface area contributed by atoms with E-state index in [0.717, 1.165) is 34.5 Å². The summed E-state index contributed by atoms with van der Waals surface area (Å²) >= 11 is 1.50. The van der Waals surface area contributed by atoms with E-state index in [9.17, 15) is 9.90 Å². The predicted molar refractivity (Wildman–Crippen MR) is 89.2 cm³/mol. The largest absolute Gasteiger partial charge is 0.508 e. The van der Waals surface area contributed by atoms with E-state index in [4.69, 9.17) is 4.42 Å². The van der Waals surface area contributed by atoms with E-state index in [1.165, 1.54) is 23.9 Å². The Morgan fingerprint density at radius 3 is 2.92 bits per heavy atom. The fourth-order valence-corrected chi connectivity index (χ4v) is 3.62. The number of nitrogens with zero attached hydrogens (tertiary/aromatic N) is 4. The van der Waals surface area contributed by atoms with Crippen molar-refractivity contribution in [2.24, 2.45) is 0 Å². The molecule has 0 bridgehead atoms. The van der Waals surface area contributed by atoms with Crippen molar-refractivity contribution in [3.8, 4) is 5.75 Å². The van der Waals surface area contributed by atoms with E-state index in [0.29, 0.717) is 23.8 Å². The lowest BCUT2D eigenvalue weighted by atomic mass is 10.1. The SMILES string of the molecule is CCc1cc2c(CSc3nnnn3C3CC3)cc(=O)oc2cc1O. The van der Waals surface area contributed by atoms with Crippen molar-refractivity contribution in [3.63, 3.8) is 0 Å². The van der Waals surface area contributed by atoms with Crippen LogP contribution in [-0.2, 0) is 12.2 Å². The van der Waals surface area contributed by atoms with Crippen LogP contribution in [-0.4, -0.2) is 25.3 Å². The molecule has 1 aromatic carbocycles. The standard InChI is InChI=1S/C16H16N4O3S/c1-2-9-5-12-10(6-15(22)23-14(12)7-13(9)21)8-24-16-17-18-19-20(16)11-3-4-11/h5-7,11,21H,2-4,8H2,1H3. The quantitative estimate of drug-likeness (QED) is 0.561. The van der Waals surface area contributed by atoms with Crippen LogP contribution in [0.4, 0.5) is 0 Å². The van der Waals surface area contributed by atoms with Crippen molar-refractivity contribution in [2.45, 2.75) is 43.1 Å². The summed E-state index contributed by atoms with van der Waals surface area (Å²) in [4.78, 5) is 11.8. The van der Waals surface area contributed by atoms with Crippen molar-refractivity contribution in [1.29, 1.82) is 0 Å². The Morgan fingerprint density at radius 2 is 2.17 bits per heavy atom. The lowest BCUT2D eigenvalue weighted by Crippen LogP contribution is -2.02. The average Bonchev–Trinajstić information content (AvgIpc) is 3.30. The van der Waals surface area contributed by atoms with Crippen LogP contribution in [0.2, 0.25) is 0 Å².